The molecule has 0 spiro atoms. The lowest BCUT2D eigenvalue weighted by Crippen LogP contribution is -2.39. The molecule has 0 bridgehead atoms. The van der Waals surface area contributed by atoms with Gasteiger partial charge < -0.3 is 14.5 Å². The molecule has 2 aromatic rings. The zero-order valence-corrected chi connectivity index (χ0v) is 14.3. The van der Waals surface area contributed by atoms with Gasteiger partial charge in [-0.05, 0) is 17.9 Å². The summed E-state index contributed by atoms with van der Waals surface area (Å²) in [7, 11) is 2.97. The molecule has 1 aromatic heterocycles. The van der Waals surface area contributed by atoms with Crippen LogP contribution in [-0.4, -0.2) is 23.8 Å². The molecule has 0 aliphatic carbocycles. The van der Waals surface area contributed by atoms with E-state index in [2.05, 4.69) is 11.1 Å². The molecular formula is C17H21N3O4. The Kier molecular flexibility index (Phi) is 4.98. The summed E-state index contributed by atoms with van der Waals surface area (Å²) in [6.45, 7) is 4.08. The normalized spacial score (nSPS) is 11.3. The quantitative estimate of drug-likeness (QED) is 0.873. The van der Waals surface area contributed by atoms with Crippen molar-refractivity contribution >= 4 is 10.9 Å². The van der Waals surface area contributed by atoms with Crippen LogP contribution in [0.3, 0.4) is 0 Å². The Labute approximate surface area is 139 Å². The number of hydrogen-bond acceptors (Lipinski definition) is 5. The Balaban J connectivity index is 2.59. The highest BCUT2D eigenvalue weighted by Crippen LogP contribution is 2.30. The van der Waals surface area contributed by atoms with Gasteiger partial charge in [0.05, 0.1) is 31.2 Å². The van der Waals surface area contributed by atoms with Crippen molar-refractivity contribution in [2.45, 2.75) is 33.2 Å². The summed E-state index contributed by atoms with van der Waals surface area (Å²) in [4.78, 5) is 27.8. The minimum Gasteiger partial charge on any atom is -0.493 e. The van der Waals surface area contributed by atoms with Crippen molar-refractivity contribution in [3.05, 3.63) is 33.0 Å². The maximum atomic E-state index is 12.8. The van der Waals surface area contributed by atoms with Gasteiger partial charge in [-0.3, -0.25) is 9.36 Å². The summed E-state index contributed by atoms with van der Waals surface area (Å²) in [6.07, 6.45) is 0.970. The zero-order valence-electron chi connectivity index (χ0n) is 14.3. The van der Waals surface area contributed by atoms with E-state index >= 15 is 0 Å². The number of nitrogens with zero attached hydrogens (tertiary/aromatic N) is 2. The van der Waals surface area contributed by atoms with Crippen molar-refractivity contribution in [2.75, 3.05) is 14.2 Å². The maximum Gasteiger partial charge on any atom is 0.328 e. The highest BCUT2D eigenvalue weighted by Gasteiger charge is 2.21. The number of H-pyrrole nitrogens is 1. The Morgan fingerprint density at radius 2 is 1.83 bits per heavy atom. The lowest BCUT2D eigenvalue weighted by atomic mass is 9.88. The summed E-state index contributed by atoms with van der Waals surface area (Å²) in [5.41, 5.74) is -0.824. The van der Waals surface area contributed by atoms with E-state index < -0.39 is 5.69 Å². The number of nitriles is 1. The summed E-state index contributed by atoms with van der Waals surface area (Å²) in [6, 6.07) is 5.22. The Bertz CT molecular complexity index is 903. The topological polar surface area (TPSA) is 97.1 Å². The highest BCUT2D eigenvalue weighted by atomic mass is 16.5. The van der Waals surface area contributed by atoms with Crippen molar-refractivity contribution in [3.8, 4) is 17.6 Å². The zero-order chi connectivity index (χ0) is 17.9. The van der Waals surface area contributed by atoms with E-state index in [1.54, 1.807) is 12.1 Å². The molecule has 128 valence electrons. The number of nitrogens with one attached hydrogen (secondary N) is 1. The third-order valence-corrected chi connectivity index (χ3v) is 3.99. The van der Waals surface area contributed by atoms with Gasteiger partial charge in [-0.2, -0.15) is 5.26 Å². The van der Waals surface area contributed by atoms with Crippen LogP contribution in [0.5, 0.6) is 11.5 Å². The van der Waals surface area contributed by atoms with E-state index in [0.29, 0.717) is 35.2 Å². The standard InChI is InChI=1S/C17H21N3O4/c1-17(2,6-5-7-18)10-20-15(21)11-8-13(23-3)14(24-4)9-12(11)19-16(20)22/h8-9H,5-6,10H2,1-4H3,(H,19,22). The second-order valence-corrected chi connectivity index (χ2v) is 6.40. The molecule has 0 saturated heterocycles. The molecule has 1 N–H and O–H groups in total. The van der Waals surface area contributed by atoms with Crippen LogP contribution < -0.4 is 20.7 Å². The van der Waals surface area contributed by atoms with Crippen LogP contribution in [-0.2, 0) is 6.54 Å². The van der Waals surface area contributed by atoms with Gasteiger partial charge in [-0.15, -0.1) is 0 Å². The average molecular weight is 331 g/mol. The lowest BCUT2D eigenvalue weighted by Gasteiger charge is -2.24. The first-order chi connectivity index (χ1) is 11.3. The van der Waals surface area contributed by atoms with E-state index in [9.17, 15) is 9.59 Å². The number of aromatic amines is 1. The van der Waals surface area contributed by atoms with E-state index in [1.807, 2.05) is 13.8 Å². The van der Waals surface area contributed by atoms with E-state index in [4.69, 9.17) is 14.7 Å². The Hall–Kier alpha value is -2.75. The molecule has 7 nitrogen and oxygen atoms in total. The van der Waals surface area contributed by atoms with Gasteiger partial charge in [-0.25, -0.2) is 4.79 Å². The monoisotopic (exact) mass is 331 g/mol. The molecule has 0 amide bonds. The van der Waals surface area contributed by atoms with Crippen molar-refractivity contribution in [1.29, 1.82) is 5.26 Å². The lowest BCUT2D eigenvalue weighted by molar-refractivity contribution is 0.277. The van der Waals surface area contributed by atoms with Crippen LogP contribution in [0, 0.1) is 16.7 Å². The molecule has 1 aromatic carbocycles. The van der Waals surface area contributed by atoms with Crippen LogP contribution in [0.2, 0.25) is 0 Å². The third-order valence-electron chi connectivity index (χ3n) is 3.99. The molecule has 0 atom stereocenters. The number of aromatic nitrogens is 2. The van der Waals surface area contributed by atoms with Crippen molar-refractivity contribution in [1.82, 2.24) is 9.55 Å². The molecule has 2 rings (SSSR count). The number of fused-ring (bicyclic) bond motifs is 1. The molecule has 7 heteroatoms. The number of hydrogen-bond donors (Lipinski definition) is 1. The van der Waals surface area contributed by atoms with Crippen LogP contribution in [0.25, 0.3) is 10.9 Å². The van der Waals surface area contributed by atoms with Crippen molar-refractivity contribution in [3.63, 3.8) is 0 Å². The summed E-state index contributed by atoms with van der Waals surface area (Å²) >= 11 is 0. The summed E-state index contributed by atoms with van der Waals surface area (Å²) in [5, 5.41) is 9.09. The van der Waals surface area contributed by atoms with Gasteiger partial charge in [0.1, 0.15) is 0 Å². The van der Waals surface area contributed by atoms with E-state index in [0.717, 1.165) is 0 Å². The van der Waals surface area contributed by atoms with Crippen molar-refractivity contribution < 1.29 is 9.47 Å². The van der Waals surface area contributed by atoms with Gasteiger partial charge in [0.25, 0.3) is 5.56 Å². The van der Waals surface area contributed by atoms with Gasteiger partial charge in [0.15, 0.2) is 11.5 Å². The molecule has 1 heterocycles. The SMILES string of the molecule is COc1cc2[nH]c(=O)n(CC(C)(C)CCC#N)c(=O)c2cc1OC. The molecule has 0 fully saturated rings. The predicted octanol–water partition coefficient (Wildman–Crippen LogP) is 2.04. The van der Waals surface area contributed by atoms with Crippen LogP contribution >= 0.6 is 0 Å². The second kappa shape index (κ2) is 6.79. The third kappa shape index (κ3) is 3.43. The average Bonchev–Trinajstić information content (AvgIpc) is 2.55. The van der Waals surface area contributed by atoms with Gasteiger partial charge in [0.2, 0.25) is 0 Å². The fourth-order valence-corrected chi connectivity index (χ4v) is 2.62. The molecule has 0 radical (unpaired) electrons. The number of benzene rings is 1. The van der Waals surface area contributed by atoms with Crippen molar-refractivity contribution in [2.24, 2.45) is 5.41 Å². The van der Waals surface area contributed by atoms with Crippen LogP contribution in [0.4, 0.5) is 0 Å². The fraction of sp³-hybridized carbons (Fsp3) is 0.471. The number of ether oxygens (including phenoxy) is 2. The smallest absolute Gasteiger partial charge is 0.328 e. The predicted molar refractivity (Wildman–Crippen MR) is 90.6 cm³/mol. The molecule has 0 unspecified atom stereocenters. The first-order valence-electron chi connectivity index (χ1n) is 7.59. The first-order valence-corrected chi connectivity index (χ1v) is 7.59. The van der Waals surface area contributed by atoms with Gasteiger partial charge in [-0.1, -0.05) is 13.8 Å². The van der Waals surface area contributed by atoms with E-state index in [1.165, 1.54) is 18.8 Å². The highest BCUT2D eigenvalue weighted by molar-refractivity contribution is 5.81. The van der Waals surface area contributed by atoms with Gasteiger partial charge in [0, 0.05) is 19.0 Å². The largest absolute Gasteiger partial charge is 0.493 e. The summed E-state index contributed by atoms with van der Waals surface area (Å²) in [5.74, 6) is 0.858. The Morgan fingerprint density at radius 3 is 2.42 bits per heavy atom. The molecule has 0 aliphatic rings. The van der Waals surface area contributed by atoms with Gasteiger partial charge >= 0.3 is 5.69 Å². The fourth-order valence-electron chi connectivity index (χ4n) is 2.62. The summed E-state index contributed by atoms with van der Waals surface area (Å²) < 4.78 is 11.6. The Morgan fingerprint density at radius 1 is 1.21 bits per heavy atom. The number of rotatable bonds is 6. The molecule has 24 heavy (non-hydrogen) atoms. The van der Waals surface area contributed by atoms with E-state index in [-0.39, 0.29) is 17.5 Å². The maximum absolute atomic E-state index is 12.8. The van der Waals surface area contributed by atoms with Crippen LogP contribution in [0.1, 0.15) is 26.7 Å². The first kappa shape index (κ1) is 17.6. The minimum absolute atomic E-state index is 0.229. The minimum atomic E-state index is -0.482. The van der Waals surface area contributed by atoms with Crippen LogP contribution in [0.15, 0.2) is 21.7 Å². The molecular weight excluding hydrogens is 310 g/mol. The second-order valence-electron chi connectivity index (χ2n) is 6.40. The number of methoxy groups -OCH3 is 2. The molecule has 0 aliphatic heterocycles. The molecule has 0 saturated carbocycles.